The van der Waals surface area contributed by atoms with Gasteiger partial charge in [-0.3, -0.25) is 9.59 Å². The summed E-state index contributed by atoms with van der Waals surface area (Å²) in [4.78, 5) is 45.2. The van der Waals surface area contributed by atoms with Gasteiger partial charge in [0.05, 0.1) is 5.52 Å². The number of benzene rings is 1. The fraction of sp³-hybridized carbons (Fsp3) is 0.143. The Bertz CT molecular complexity index is 1550. The molecule has 0 atom stereocenters. The third kappa shape index (κ3) is 2.95. The average Bonchev–Trinajstić information content (AvgIpc) is 3.13. The predicted octanol–water partition coefficient (Wildman–Crippen LogP) is 2.40. The molecule has 0 aliphatic heterocycles. The number of hydrogen-bond donors (Lipinski definition) is 0. The van der Waals surface area contributed by atoms with E-state index in [2.05, 4.69) is 19.9 Å². The van der Waals surface area contributed by atoms with Gasteiger partial charge in [-0.15, -0.1) is 0 Å². The van der Waals surface area contributed by atoms with Crippen molar-refractivity contribution in [2.24, 2.45) is 0 Å². The third-order valence-corrected chi connectivity index (χ3v) is 5.48. The van der Waals surface area contributed by atoms with Crippen molar-refractivity contribution in [1.29, 1.82) is 0 Å². The Morgan fingerprint density at radius 2 is 1.81 bits per heavy atom. The lowest BCUT2D eigenvalue weighted by molar-refractivity contribution is 0.0822. The van der Waals surface area contributed by atoms with E-state index in [0.29, 0.717) is 27.7 Å². The van der Waals surface area contributed by atoms with Crippen molar-refractivity contribution >= 4 is 45.3 Å². The van der Waals surface area contributed by atoms with E-state index in [1.54, 1.807) is 37.0 Å². The number of nitrogens with zero attached hydrogens (tertiary/aromatic N) is 7. The van der Waals surface area contributed by atoms with Crippen LogP contribution in [0.5, 0.6) is 0 Å². The predicted molar refractivity (Wildman–Crippen MR) is 119 cm³/mol. The van der Waals surface area contributed by atoms with Gasteiger partial charge < -0.3 is 4.90 Å². The highest BCUT2D eigenvalue weighted by Crippen LogP contribution is 2.24. The summed E-state index contributed by atoms with van der Waals surface area (Å²) in [6, 6.07) is 12.7. The molecule has 0 saturated heterocycles. The van der Waals surface area contributed by atoms with Gasteiger partial charge in [-0.05, 0) is 30.5 Å². The number of aromatic nitrogens is 6. The molecular formula is C21H17N7O2S. The summed E-state index contributed by atoms with van der Waals surface area (Å²) in [7, 11) is 3.33. The first kappa shape index (κ1) is 19.2. The summed E-state index contributed by atoms with van der Waals surface area (Å²) in [5.74, 6) is 0.209. The van der Waals surface area contributed by atoms with Crippen molar-refractivity contribution in [3.05, 3.63) is 64.7 Å². The number of carbonyl (C=O) groups is 1. The van der Waals surface area contributed by atoms with Crippen molar-refractivity contribution in [3.8, 4) is 5.82 Å². The van der Waals surface area contributed by atoms with E-state index in [0.717, 1.165) is 10.9 Å². The van der Waals surface area contributed by atoms with E-state index < -0.39 is 0 Å². The molecule has 1 amide bonds. The largest absolute Gasteiger partial charge is 0.343 e. The molecule has 4 aromatic heterocycles. The maximum Gasteiger partial charge on any atom is 0.284 e. The standard InChI is InChI=1S/C21H17N7O2S/c1-26(2)20(30)14-8-6-10-16(23-14)27-15-9-5-4-7-12(15)18-24-17-13(19(29)28(18)27)11-22-21(25-17)31-3/h4-11H,1-3H3. The maximum atomic E-state index is 13.5. The molecule has 5 rings (SSSR count). The molecule has 5 aromatic rings. The fourth-order valence-electron chi connectivity index (χ4n) is 3.48. The van der Waals surface area contributed by atoms with Crippen LogP contribution in [0.25, 0.3) is 33.4 Å². The Labute approximate surface area is 180 Å². The monoisotopic (exact) mass is 431 g/mol. The molecular weight excluding hydrogens is 414 g/mol. The number of thioether (sulfide) groups is 1. The summed E-state index contributed by atoms with van der Waals surface area (Å²) in [5, 5.41) is 1.63. The summed E-state index contributed by atoms with van der Waals surface area (Å²) >= 11 is 1.38. The number of rotatable bonds is 3. The Balaban J connectivity index is 1.91. The van der Waals surface area contributed by atoms with Gasteiger partial charge in [0.25, 0.3) is 11.5 Å². The first-order valence-corrected chi connectivity index (χ1v) is 10.6. The second kappa shape index (κ2) is 7.17. The van der Waals surface area contributed by atoms with E-state index >= 15 is 0 Å². The Hall–Kier alpha value is -3.79. The van der Waals surface area contributed by atoms with Crippen LogP contribution in [0.4, 0.5) is 0 Å². The number of pyridine rings is 1. The lowest BCUT2D eigenvalue weighted by Crippen LogP contribution is -2.25. The molecule has 9 nitrogen and oxygen atoms in total. The zero-order chi connectivity index (χ0) is 21.7. The molecule has 4 heterocycles. The van der Waals surface area contributed by atoms with Crippen LogP contribution in [0, 0.1) is 0 Å². The normalized spacial score (nSPS) is 11.5. The van der Waals surface area contributed by atoms with Crippen LogP contribution in [0.15, 0.2) is 58.6 Å². The highest BCUT2D eigenvalue weighted by Gasteiger charge is 2.19. The molecule has 154 valence electrons. The fourth-order valence-corrected chi connectivity index (χ4v) is 3.82. The van der Waals surface area contributed by atoms with Crippen molar-refractivity contribution in [1.82, 2.24) is 34.0 Å². The van der Waals surface area contributed by atoms with Crippen molar-refractivity contribution < 1.29 is 4.79 Å². The van der Waals surface area contributed by atoms with Crippen molar-refractivity contribution in [2.75, 3.05) is 20.4 Å². The molecule has 0 bridgehead atoms. The van der Waals surface area contributed by atoms with E-state index in [1.807, 2.05) is 30.5 Å². The van der Waals surface area contributed by atoms with Crippen LogP contribution in [0.2, 0.25) is 0 Å². The van der Waals surface area contributed by atoms with Gasteiger partial charge in [0.15, 0.2) is 22.3 Å². The SMILES string of the molecule is CSc1ncc2c(=O)n3c(nc2n1)c1ccccc1n3-c1cccc(C(=O)N(C)C)n1. The molecule has 0 saturated carbocycles. The molecule has 31 heavy (non-hydrogen) atoms. The summed E-state index contributed by atoms with van der Waals surface area (Å²) < 4.78 is 3.13. The van der Waals surface area contributed by atoms with E-state index in [1.165, 1.54) is 27.4 Å². The van der Waals surface area contributed by atoms with Gasteiger partial charge in [-0.2, -0.15) is 4.52 Å². The van der Waals surface area contributed by atoms with Gasteiger partial charge in [-0.1, -0.05) is 30.0 Å². The van der Waals surface area contributed by atoms with Crippen LogP contribution in [-0.4, -0.2) is 60.3 Å². The molecule has 0 radical (unpaired) electrons. The van der Waals surface area contributed by atoms with Gasteiger partial charge in [0.2, 0.25) is 0 Å². The van der Waals surface area contributed by atoms with Crippen LogP contribution in [0.1, 0.15) is 10.5 Å². The van der Waals surface area contributed by atoms with Gasteiger partial charge in [0.1, 0.15) is 11.1 Å². The number of hydrogen-bond acceptors (Lipinski definition) is 7. The van der Waals surface area contributed by atoms with E-state index in [4.69, 9.17) is 0 Å². The first-order chi connectivity index (χ1) is 15.0. The molecule has 0 unspecified atom stereocenters. The minimum atomic E-state index is -0.310. The Kier molecular flexibility index (Phi) is 4.44. The van der Waals surface area contributed by atoms with E-state index in [9.17, 15) is 9.59 Å². The topological polar surface area (TPSA) is 98.3 Å². The number of carbonyl (C=O) groups excluding carboxylic acids is 1. The minimum absolute atomic E-state index is 0.225. The van der Waals surface area contributed by atoms with Crippen LogP contribution < -0.4 is 5.56 Å². The van der Waals surface area contributed by atoms with Gasteiger partial charge >= 0.3 is 0 Å². The van der Waals surface area contributed by atoms with Crippen LogP contribution in [-0.2, 0) is 0 Å². The number of para-hydroxylation sites is 1. The highest BCUT2D eigenvalue weighted by molar-refractivity contribution is 7.98. The summed E-state index contributed by atoms with van der Waals surface area (Å²) in [5.41, 5.74) is 1.52. The summed E-state index contributed by atoms with van der Waals surface area (Å²) in [6.07, 6.45) is 3.36. The maximum absolute atomic E-state index is 13.5. The lowest BCUT2D eigenvalue weighted by atomic mass is 10.2. The molecule has 1 aromatic carbocycles. The molecule has 0 fully saturated rings. The van der Waals surface area contributed by atoms with Gasteiger partial charge in [-0.25, -0.2) is 24.6 Å². The van der Waals surface area contributed by atoms with Crippen LogP contribution in [0.3, 0.4) is 0 Å². The molecule has 0 aliphatic carbocycles. The third-order valence-electron chi connectivity index (χ3n) is 4.91. The zero-order valence-corrected chi connectivity index (χ0v) is 17.8. The van der Waals surface area contributed by atoms with Gasteiger partial charge in [0, 0.05) is 25.7 Å². The average molecular weight is 431 g/mol. The second-order valence-corrected chi connectivity index (χ2v) is 7.83. The van der Waals surface area contributed by atoms with Crippen molar-refractivity contribution in [2.45, 2.75) is 5.16 Å². The Morgan fingerprint density at radius 3 is 2.58 bits per heavy atom. The molecule has 0 N–H and O–H groups in total. The second-order valence-electron chi connectivity index (χ2n) is 7.06. The molecule has 10 heteroatoms. The first-order valence-electron chi connectivity index (χ1n) is 9.42. The van der Waals surface area contributed by atoms with E-state index in [-0.39, 0.29) is 17.2 Å². The zero-order valence-electron chi connectivity index (χ0n) is 17.0. The molecule has 0 aliphatic rings. The molecule has 0 spiro atoms. The van der Waals surface area contributed by atoms with Crippen LogP contribution >= 0.6 is 11.8 Å². The number of amides is 1. The highest BCUT2D eigenvalue weighted by atomic mass is 32.2. The quantitative estimate of drug-likeness (QED) is 0.320. The van der Waals surface area contributed by atoms with Crippen molar-refractivity contribution in [3.63, 3.8) is 0 Å². The minimum Gasteiger partial charge on any atom is -0.343 e. The smallest absolute Gasteiger partial charge is 0.284 e. The number of fused-ring (bicyclic) bond motifs is 4. The lowest BCUT2D eigenvalue weighted by Gasteiger charge is -2.12. The Morgan fingerprint density at radius 1 is 1.00 bits per heavy atom. The summed E-state index contributed by atoms with van der Waals surface area (Å²) in [6.45, 7) is 0.